The predicted molar refractivity (Wildman–Crippen MR) is 104 cm³/mol. The summed E-state index contributed by atoms with van der Waals surface area (Å²) in [5.41, 5.74) is 1.19. The molecule has 0 spiro atoms. The second kappa shape index (κ2) is 8.53. The van der Waals surface area contributed by atoms with Gasteiger partial charge in [0.1, 0.15) is 4.87 Å². The minimum atomic E-state index is -0.346. The van der Waals surface area contributed by atoms with E-state index in [2.05, 4.69) is 36.2 Å². The number of hydrogen-bond acceptors (Lipinski definition) is 8. The summed E-state index contributed by atoms with van der Waals surface area (Å²) in [4.78, 5) is -0.346. The lowest BCUT2D eigenvalue weighted by atomic mass is 10.1. The minimum absolute atomic E-state index is 0.346. The number of nitrogens with one attached hydrogen (secondary N) is 1. The molecule has 1 atom stereocenters. The summed E-state index contributed by atoms with van der Waals surface area (Å²) >= 11 is 5.67. The molecule has 1 aromatic carbocycles. The van der Waals surface area contributed by atoms with Crippen LogP contribution in [0.4, 0.5) is 0 Å². The molecule has 0 aliphatic carbocycles. The molecule has 2 rings (SSSR count). The first-order valence-corrected chi connectivity index (χ1v) is 13.2. The van der Waals surface area contributed by atoms with Crippen molar-refractivity contribution in [1.29, 1.82) is 0 Å². The van der Waals surface area contributed by atoms with E-state index >= 15 is 0 Å². The van der Waals surface area contributed by atoms with E-state index in [0.29, 0.717) is 0 Å². The summed E-state index contributed by atoms with van der Waals surface area (Å²) in [6.07, 6.45) is 1.87. The zero-order valence-corrected chi connectivity index (χ0v) is 15.5. The monoisotopic (exact) mass is 381 g/mol. The summed E-state index contributed by atoms with van der Waals surface area (Å²) in [6, 6.07) is 10.4. The molecule has 1 fully saturated rings. The van der Waals surface area contributed by atoms with E-state index in [-0.39, 0.29) is 4.87 Å². The molecular formula is C11H11NS7. The highest BCUT2D eigenvalue weighted by Crippen LogP contribution is 2.62. The van der Waals surface area contributed by atoms with E-state index in [1.807, 2.05) is 12.1 Å². The molecule has 1 aliphatic heterocycles. The van der Waals surface area contributed by atoms with Crippen LogP contribution in [0.15, 0.2) is 43.0 Å². The second-order valence-electron chi connectivity index (χ2n) is 3.44. The molecule has 102 valence electrons. The molecule has 1 nitrogen and oxygen atoms in total. The van der Waals surface area contributed by atoms with Crippen LogP contribution < -0.4 is 5.32 Å². The van der Waals surface area contributed by atoms with Crippen LogP contribution in [-0.2, 0) is 4.87 Å². The van der Waals surface area contributed by atoms with Gasteiger partial charge in [0.15, 0.2) is 0 Å². The average molecular weight is 382 g/mol. The van der Waals surface area contributed by atoms with Gasteiger partial charge in [0.25, 0.3) is 0 Å². The molecule has 0 radical (unpaired) electrons. The molecule has 1 aliphatic rings. The Morgan fingerprint density at radius 3 is 2.63 bits per heavy atom. The van der Waals surface area contributed by atoms with E-state index in [4.69, 9.17) is 12.2 Å². The molecule has 0 aromatic heterocycles. The molecule has 8 heteroatoms. The third-order valence-electron chi connectivity index (χ3n) is 2.32. The van der Waals surface area contributed by atoms with Gasteiger partial charge in [-0.1, -0.05) is 48.6 Å². The van der Waals surface area contributed by atoms with Crippen LogP contribution in [-0.4, -0.2) is 10.7 Å². The fraction of sp³-hybridized carbons (Fsp3) is 0.182. The van der Waals surface area contributed by atoms with E-state index in [9.17, 15) is 0 Å². The van der Waals surface area contributed by atoms with Crippen LogP contribution in [0.25, 0.3) is 0 Å². The van der Waals surface area contributed by atoms with Gasteiger partial charge in [-0.15, -0.1) is 6.58 Å². The Balaban J connectivity index is 2.35. The fourth-order valence-electron chi connectivity index (χ4n) is 1.48. The number of thiocarbonyl (C=S) groups is 1. The number of hydrogen-bond donors (Lipinski definition) is 1. The van der Waals surface area contributed by atoms with Crippen LogP contribution in [0.3, 0.4) is 0 Å². The first-order chi connectivity index (χ1) is 9.29. The zero-order valence-electron chi connectivity index (χ0n) is 9.74. The summed E-state index contributed by atoms with van der Waals surface area (Å²) in [5, 5.41) is 3.54. The quantitative estimate of drug-likeness (QED) is 0.386. The topological polar surface area (TPSA) is 12.0 Å². The number of benzene rings is 1. The van der Waals surface area contributed by atoms with Gasteiger partial charge in [0.05, 0.1) is 4.20 Å². The smallest absolute Gasteiger partial charge is 0.144 e. The largest absolute Gasteiger partial charge is 0.290 e. The van der Waals surface area contributed by atoms with Crippen LogP contribution in [0, 0.1) is 0 Å². The molecular weight excluding hydrogens is 371 g/mol. The Labute approximate surface area is 141 Å². The molecule has 1 aromatic rings. The van der Waals surface area contributed by atoms with Crippen molar-refractivity contribution in [1.82, 2.24) is 5.32 Å². The molecule has 0 bridgehead atoms. The SMILES string of the molecule is C=CCNC1(c2ccccc2)SSSSSSC1=S. The Bertz CT molecular complexity index is 438. The van der Waals surface area contributed by atoms with Crippen molar-refractivity contribution < 1.29 is 0 Å². The first kappa shape index (κ1) is 16.5. The molecule has 1 unspecified atom stereocenters. The van der Waals surface area contributed by atoms with Crippen molar-refractivity contribution in [2.75, 3.05) is 6.54 Å². The van der Waals surface area contributed by atoms with Crippen molar-refractivity contribution in [3.05, 3.63) is 48.6 Å². The van der Waals surface area contributed by atoms with E-state index in [0.717, 1.165) is 10.7 Å². The standard InChI is InChI=1S/C11H11NS7/c1-2-8-12-11(9-6-4-3-5-7-9)10(13)14-16-18-19-17-15-11/h2-7,12H,1,8H2. The summed E-state index contributed by atoms with van der Waals surface area (Å²) in [7, 11) is 10.4. The van der Waals surface area contributed by atoms with Crippen molar-refractivity contribution in [2.24, 2.45) is 0 Å². The molecule has 1 saturated heterocycles. The van der Waals surface area contributed by atoms with Crippen molar-refractivity contribution >= 4 is 77.3 Å². The minimum Gasteiger partial charge on any atom is -0.290 e. The Morgan fingerprint density at radius 1 is 1.16 bits per heavy atom. The zero-order chi connectivity index (χ0) is 13.6. The molecule has 1 N–H and O–H groups in total. The third-order valence-corrected chi connectivity index (χ3v) is 14.4. The van der Waals surface area contributed by atoms with Gasteiger partial charge in [-0.25, -0.2) is 0 Å². The van der Waals surface area contributed by atoms with Crippen molar-refractivity contribution in [3.8, 4) is 0 Å². The Hall–Kier alpha value is 1.11. The molecule has 0 saturated carbocycles. The summed E-state index contributed by atoms with van der Waals surface area (Å²) in [6.45, 7) is 4.52. The van der Waals surface area contributed by atoms with Crippen LogP contribution in [0.5, 0.6) is 0 Å². The molecule has 0 amide bonds. The average Bonchev–Trinajstić information content (AvgIpc) is 2.44. The van der Waals surface area contributed by atoms with Gasteiger partial charge in [-0.2, -0.15) is 0 Å². The van der Waals surface area contributed by atoms with Gasteiger partial charge in [-0.3, -0.25) is 5.32 Å². The van der Waals surface area contributed by atoms with Gasteiger partial charge in [0, 0.05) is 6.54 Å². The van der Waals surface area contributed by atoms with Gasteiger partial charge >= 0.3 is 0 Å². The highest BCUT2D eigenvalue weighted by atomic mass is 33.9. The lowest BCUT2D eigenvalue weighted by molar-refractivity contribution is 0.666. The molecule has 1 heterocycles. The fourth-order valence-corrected chi connectivity index (χ4v) is 15.0. The lowest BCUT2D eigenvalue weighted by Gasteiger charge is -2.34. The summed E-state index contributed by atoms with van der Waals surface area (Å²) < 4.78 is 0.954. The van der Waals surface area contributed by atoms with E-state index in [1.165, 1.54) is 5.56 Å². The Morgan fingerprint density at radius 2 is 1.89 bits per heavy atom. The van der Waals surface area contributed by atoms with Gasteiger partial charge < -0.3 is 0 Å². The van der Waals surface area contributed by atoms with Crippen LogP contribution in [0.1, 0.15) is 5.56 Å². The summed E-state index contributed by atoms with van der Waals surface area (Å²) in [5.74, 6) is 0. The first-order valence-electron chi connectivity index (χ1n) is 5.28. The maximum Gasteiger partial charge on any atom is 0.144 e. The maximum absolute atomic E-state index is 5.67. The predicted octanol–water partition coefficient (Wildman–Crippen LogP) is 5.93. The highest BCUT2D eigenvalue weighted by molar-refractivity contribution is 9.43. The normalized spacial score (nSPS) is 24.5. The number of rotatable bonds is 4. The van der Waals surface area contributed by atoms with Gasteiger partial charge in [-0.05, 0) is 66.5 Å². The Kier molecular flexibility index (Phi) is 7.40. The van der Waals surface area contributed by atoms with Crippen LogP contribution >= 0.6 is 73.1 Å². The second-order valence-corrected chi connectivity index (χ2v) is 13.5. The van der Waals surface area contributed by atoms with Gasteiger partial charge in [0.2, 0.25) is 0 Å². The molecule has 19 heavy (non-hydrogen) atoms. The van der Waals surface area contributed by atoms with E-state index in [1.54, 1.807) is 60.9 Å². The van der Waals surface area contributed by atoms with Crippen molar-refractivity contribution in [2.45, 2.75) is 4.87 Å². The van der Waals surface area contributed by atoms with Crippen molar-refractivity contribution in [3.63, 3.8) is 0 Å². The maximum atomic E-state index is 5.67. The highest BCUT2D eigenvalue weighted by Gasteiger charge is 2.39. The third kappa shape index (κ3) is 4.29. The van der Waals surface area contributed by atoms with E-state index < -0.39 is 0 Å². The lowest BCUT2D eigenvalue weighted by Crippen LogP contribution is -2.43. The van der Waals surface area contributed by atoms with Crippen LogP contribution in [0.2, 0.25) is 0 Å².